The van der Waals surface area contributed by atoms with Crippen LogP contribution in [-0.4, -0.2) is 42.5 Å². The average molecular weight is 364 g/mol. The molecule has 0 saturated carbocycles. The number of esters is 1. The zero-order chi connectivity index (χ0) is 19.7. The topological polar surface area (TPSA) is 116 Å². The van der Waals surface area contributed by atoms with Gasteiger partial charge in [0.1, 0.15) is 23.5 Å². The van der Waals surface area contributed by atoms with Crippen LogP contribution in [0.2, 0.25) is 0 Å². The number of hydrogen-bond donors (Lipinski definition) is 2. The highest BCUT2D eigenvalue weighted by Crippen LogP contribution is 2.28. The number of aryl methyl sites for hydroxylation is 1. The number of unbranched alkanes of at least 4 members (excludes halogenated alkanes) is 1. The molecule has 0 aliphatic heterocycles. The average Bonchev–Trinajstić information content (AvgIpc) is 2.56. The van der Waals surface area contributed by atoms with Crippen molar-refractivity contribution in [3.8, 4) is 5.75 Å². The molecule has 144 valence electrons. The molecule has 0 saturated heterocycles. The number of amides is 1. The maximum absolute atomic E-state index is 12.6. The standard InChI is InChI=1S/C18H28N4O4/c1-6-7-8-12-9-13(25-5)15(16(22-12)21-11-19)17(24)20-10-14(23)26-18(2,3)4/h9,11H,6-8,10H2,1-5H3,(H,20,24)(H2,19,21,22). The number of aliphatic imine (C=N–C) groups is 1. The molecule has 3 N–H and O–H groups in total. The van der Waals surface area contributed by atoms with Crippen molar-refractivity contribution in [1.29, 1.82) is 0 Å². The number of nitrogens with two attached hydrogens (primary N) is 1. The second kappa shape index (κ2) is 9.74. The first kappa shape index (κ1) is 21.4. The van der Waals surface area contributed by atoms with E-state index in [0.29, 0.717) is 5.75 Å². The summed E-state index contributed by atoms with van der Waals surface area (Å²) in [6.45, 7) is 7.06. The lowest BCUT2D eigenvalue weighted by molar-refractivity contribution is -0.153. The maximum Gasteiger partial charge on any atom is 0.325 e. The number of ether oxygens (including phenoxy) is 2. The van der Waals surface area contributed by atoms with Crippen LogP contribution in [0.1, 0.15) is 56.6 Å². The van der Waals surface area contributed by atoms with E-state index in [4.69, 9.17) is 15.2 Å². The number of nitrogens with one attached hydrogen (secondary N) is 1. The van der Waals surface area contributed by atoms with Gasteiger partial charge in [0.05, 0.1) is 13.4 Å². The molecule has 0 bridgehead atoms. The van der Waals surface area contributed by atoms with E-state index >= 15 is 0 Å². The van der Waals surface area contributed by atoms with Gasteiger partial charge >= 0.3 is 5.97 Å². The Bertz CT molecular complexity index is 666. The molecule has 0 unspecified atom stereocenters. The van der Waals surface area contributed by atoms with Gasteiger partial charge in [-0.3, -0.25) is 9.59 Å². The van der Waals surface area contributed by atoms with E-state index in [1.54, 1.807) is 26.8 Å². The third kappa shape index (κ3) is 6.70. The molecule has 0 spiro atoms. The van der Waals surface area contributed by atoms with Gasteiger partial charge in [0, 0.05) is 11.8 Å². The molecule has 1 rings (SSSR count). The van der Waals surface area contributed by atoms with Gasteiger partial charge in [-0.25, -0.2) is 9.98 Å². The van der Waals surface area contributed by atoms with Crippen molar-refractivity contribution in [2.24, 2.45) is 10.7 Å². The first-order valence-corrected chi connectivity index (χ1v) is 8.54. The lowest BCUT2D eigenvalue weighted by Gasteiger charge is -2.19. The highest BCUT2D eigenvalue weighted by Gasteiger charge is 2.22. The molecule has 1 aromatic heterocycles. The summed E-state index contributed by atoms with van der Waals surface area (Å²) in [5, 5.41) is 2.51. The Morgan fingerprint density at radius 3 is 2.62 bits per heavy atom. The van der Waals surface area contributed by atoms with E-state index in [2.05, 4.69) is 22.2 Å². The summed E-state index contributed by atoms with van der Waals surface area (Å²) in [4.78, 5) is 32.7. The van der Waals surface area contributed by atoms with Crippen LogP contribution in [0, 0.1) is 0 Å². The van der Waals surface area contributed by atoms with Crippen LogP contribution in [0.5, 0.6) is 5.75 Å². The molecule has 8 heteroatoms. The molecule has 0 fully saturated rings. The number of carbonyl (C=O) groups excluding carboxylic acids is 2. The number of aromatic nitrogens is 1. The Kier molecular flexibility index (Phi) is 8.02. The van der Waals surface area contributed by atoms with Crippen molar-refractivity contribution in [2.45, 2.75) is 52.6 Å². The van der Waals surface area contributed by atoms with Gasteiger partial charge in [-0.1, -0.05) is 13.3 Å². The fourth-order valence-electron chi connectivity index (χ4n) is 2.20. The summed E-state index contributed by atoms with van der Waals surface area (Å²) >= 11 is 0. The van der Waals surface area contributed by atoms with Gasteiger partial charge in [-0.05, 0) is 33.6 Å². The summed E-state index contributed by atoms with van der Waals surface area (Å²) in [7, 11) is 1.46. The summed E-state index contributed by atoms with van der Waals surface area (Å²) < 4.78 is 10.5. The Morgan fingerprint density at radius 2 is 2.08 bits per heavy atom. The number of carbonyl (C=O) groups is 2. The first-order valence-electron chi connectivity index (χ1n) is 8.54. The van der Waals surface area contributed by atoms with Crippen LogP contribution in [0.3, 0.4) is 0 Å². The minimum absolute atomic E-state index is 0.123. The molecule has 1 aromatic rings. The Balaban J connectivity index is 3.04. The lowest BCUT2D eigenvalue weighted by atomic mass is 10.1. The minimum atomic E-state index is -0.628. The van der Waals surface area contributed by atoms with E-state index in [1.807, 2.05) is 0 Å². The van der Waals surface area contributed by atoms with Crippen LogP contribution in [0.15, 0.2) is 11.1 Å². The Hall–Kier alpha value is -2.64. The largest absolute Gasteiger partial charge is 0.496 e. The fraction of sp³-hybridized carbons (Fsp3) is 0.556. The smallest absolute Gasteiger partial charge is 0.325 e. The third-order valence-electron chi connectivity index (χ3n) is 3.26. The van der Waals surface area contributed by atoms with E-state index in [9.17, 15) is 9.59 Å². The molecule has 26 heavy (non-hydrogen) atoms. The van der Waals surface area contributed by atoms with Gasteiger partial charge in [-0.2, -0.15) is 0 Å². The third-order valence-corrected chi connectivity index (χ3v) is 3.26. The lowest BCUT2D eigenvalue weighted by Crippen LogP contribution is -2.35. The number of rotatable bonds is 8. The SMILES string of the molecule is CCCCc1cc(OC)c(C(=O)NCC(=O)OC(C)(C)C)c(N=CN)n1. The zero-order valence-corrected chi connectivity index (χ0v) is 16.1. The van der Waals surface area contributed by atoms with Crippen LogP contribution < -0.4 is 15.8 Å². The highest BCUT2D eigenvalue weighted by molar-refractivity contribution is 6.02. The summed E-state index contributed by atoms with van der Waals surface area (Å²) in [6, 6.07) is 1.70. The molecule has 1 amide bonds. The second-order valence-corrected chi connectivity index (χ2v) is 6.67. The van der Waals surface area contributed by atoms with E-state index in [-0.39, 0.29) is 17.9 Å². The fourth-order valence-corrected chi connectivity index (χ4v) is 2.20. The number of hydrogen-bond acceptors (Lipinski definition) is 6. The monoisotopic (exact) mass is 364 g/mol. The van der Waals surface area contributed by atoms with Crippen molar-refractivity contribution < 1.29 is 19.1 Å². The van der Waals surface area contributed by atoms with E-state index in [0.717, 1.165) is 31.3 Å². The summed E-state index contributed by atoms with van der Waals surface area (Å²) in [5.74, 6) is -0.600. The summed E-state index contributed by atoms with van der Waals surface area (Å²) in [5.41, 5.74) is 5.64. The van der Waals surface area contributed by atoms with E-state index < -0.39 is 17.5 Å². The number of pyridine rings is 1. The van der Waals surface area contributed by atoms with Gasteiger partial charge < -0.3 is 20.5 Å². The predicted molar refractivity (Wildman–Crippen MR) is 99.9 cm³/mol. The normalized spacial score (nSPS) is 11.4. The molecule has 0 radical (unpaired) electrons. The highest BCUT2D eigenvalue weighted by atomic mass is 16.6. The van der Waals surface area contributed by atoms with Gasteiger partial charge in [-0.15, -0.1) is 0 Å². The van der Waals surface area contributed by atoms with Crippen LogP contribution >= 0.6 is 0 Å². The first-order chi connectivity index (χ1) is 12.2. The number of methoxy groups -OCH3 is 1. The molecule has 0 atom stereocenters. The van der Waals surface area contributed by atoms with Crippen molar-refractivity contribution in [3.63, 3.8) is 0 Å². The molecule has 0 aromatic carbocycles. The van der Waals surface area contributed by atoms with Crippen molar-refractivity contribution in [3.05, 3.63) is 17.3 Å². The molecule has 8 nitrogen and oxygen atoms in total. The molecule has 1 heterocycles. The van der Waals surface area contributed by atoms with Crippen molar-refractivity contribution in [2.75, 3.05) is 13.7 Å². The predicted octanol–water partition coefficient (Wildman–Crippen LogP) is 2.12. The van der Waals surface area contributed by atoms with E-state index in [1.165, 1.54) is 7.11 Å². The molecule has 0 aliphatic rings. The molecular formula is C18H28N4O4. The van der Waals surface area contributed by atoms with Crippen molar-refractivity contribution in [1.82, 2.24) is 10.3 Å². The second-order valence-electron chi connectivity index (χ2n) is 6.67. The van der Waals surface area contributed by atoms with Crippen molar-refractivity contribution >= 4 is 24.0 Å². The van der Waals surface area contributed by atoms with Crippen LogP contribution in [-0.2, 0) is 16.0 Å². The van der Waals surface area contributed by atoms with Gasteiger partial charge in [0.15, 0.2) is 5.82 Å². The van der Waals surface area contributed by atoms with Crippen LogP contribution in [0.4, 0.5) is 5.82 Å². The summed E-state index contributed by atoms with van der Waals surface area (Å²) in [6.07, 6.45) is 3.76. The minimum Gasteiger partial charge on any atom is -0.496 e. The molecule has 0 aliphatic carbocycles. The van der Waals surface area contributed by atoms with Gasteiger partial charge in [0.25, 0.3) is 5.91 Å². The van der Waals surface area contributed by atoms with Crippen LogP contribution in [0.25, 0.3) is 0 Å². The zero-order valence-electron chi connectivity index (χ0n) is 16.1. The Labute approximate surface area is 154 Å². The Morgan fingerprint density at radius 1 is 1.38 bits per heavy atom. The number of nitrogens with zero attached hydrogens (tertiary/aromatic N) is 2. The van der Waals surface area contributed by atoms with Gasteiger partial charge in [0.2, 0.25) is 0 Å². The quantitative estimate of drug-likeness (QED) is 0.415. The maximum atomic E-state index is 12.6. The molecular weight excluding hydrogens is 336 g/mol.